The van der Waals surface area contributed by atoms with Crippen molar-refractivity contribution in [3.63, 3.8) is 0 Å². The molecular weight excluding hydrogens is 522 g/mol. The summed E-state index contributed by atoms with van der Waals surface area (Å²) in [6.07, 6.45) is 1.24. The van der Waals surface area contributed by atoms with E-state index in [-0.39, 0.29) is 17.5 Å². The van der Waals surface area contributed by atoms with Gasteiger partial charge in [-0.1, -0.05) is 101 Å². The summed E-state index contributed by atoms with van der Waals surface area (Å²) in [5.41, 5.74) is 7.05. The average Bonchev–Trinajstić information content (AvgIpc) is 3.34. The summed E-state index contributed by atoms with van der Waals surface area (Å²) in [4.78, 5) is 26.7. The Morgan fingerprint density at radius 2 is 1.41 bits per heavy atom. The van der Waals surface area contributed by atoms with Gasteiger partial charge in [0.05, 0.1) is 5.69 Å². The molecule has 0 aliphatic heterocycles. The fourth-order valence-electron chi connectivity index (χ4n) is 5.26. The Morgan fingerprint density at radius 1 is 0.730 bits per heavy atom. The number of benzene rings is 4. The smallest absolute Gasteiger partial charge is 0.193 e. The molecule has 0 bridgehead atoms. The van der Waals surface area contributed by atoms with E-state index in [4.69, 9.17) is 0 Å². The third-order valence-electron chi connectivity index (χ3n) is 7.09. The highest BCUT2D eigenvalue weighted by Crippen LogP contribution is 2.39. The molecule has 1 aliphatic rings. The third kappa shape index (κ3) is 4.49. The van der Waals surface area contributed by atoms with Crippen LogP contribution < -0.4 is 0 Å². The minimum Gasteiger partial charge on any atom is -0.313 e. The summed E-state index contributed by atoms with van der Waals surface area (Å²) in [7, 11) is 0. The number of fused-ring (bicyclic) bond motifs is 1. The minimum atomic E-state index is -0.0214. The largest absolute Gasteiger partial charge is 0.313 e. The SMILES string of the molecule is O=C(c1ccccc1)c1cccc(-n2c(-c3ccc(Br)cc3)cc3c2C[C@H](c2ccccc2)CC3=O)c1. The van der Waals surface area contributed by atoms with Crippen LogP contribution in [0.1, 0.15) is 49.9 Å². The zero-order chi connectivity index (χ0) is 25.4. The molecule has 0 spiro atoms. The van der Waals surface area contributed by atoms with Gasteiger partial charge in [-0.2, -0.15) is 0 Å². The molecule has 0 fully saturated rings. The van der Waals surface area contributed by atoms with E-state index in [9.17, 15) is 9.59 Å². The van der Waals surface area contributed by atoms with E-state index in [0.717, 1.165) is 39.1 Å². The Kier molecular flexibility index (Phi) is 6.19. The van der Waals surface area contributed by atoms with Gasteiger partial charge < -0.3 is 4.57 Å². The third-order valence-corrected chi connectivity index (χ3v) is 7.62. The van der Waals surface area contributed by atoms with Crippen molar-refractivity contribution >= 4 is 27.5 Å². The van der Waals surface area contributed by atoms with E-state index < -0.39 is 0 Å². The van der Waals surface area contributed by atoms with Crippen molar-refractivity contribution in [2.75, 3.05) is 0 Å². The van der Waals surface area contributed by atoms with Crippen molar-refractivity contribution in [2.24, 2.45) is 0 Å². The number of nitrogens with zero attached hydrogens (tertiary/aromatic N) is 1. The number of rotatable bonds is 5. The monoisotopic (exact) mass is 545 g/mol. The molecule has 1 atom stereocenters. The van der Waals surface area contributed by atoms with E-state index in [2.05, 4.69) is 44.8 Å². The van der Waals surface area contributed by atoms with Gasteiger partial charge in [0, 0.05) is 39.0 Å². The zero-order valence-corrected chi connectivity index (χ0v) is 21.7. The van der Waals surface area contributed by atoms with Crippen molar-refractivity contribution in [1.82, 2.24) is 4.57 Å². The number of ketones is 2. The quantitative estimate of drug-likeness (QED) is 0.209. The summed E-state index contributed by atoms with van der Waals surface area (Å²) in [6, 6.07) is 37.5. The van der Waals surface area contributed by atoms with Gasteiger partial charge in [0.15, 0.2) is 11.6 Å². The average molecular weight is 546 g/mol. The fourth-order valence-corrected chi connectivity index (χ4v) is 5.53. The van der Waals surface area contributed by atoms with Crippen LogP contribution in [0.5, 0.6) is 0 Å². The van der Waals surface area contributed by atoms with Crippen LogP contribution in [0.2, 0.25) is 0 Å². The highest BCUT2D eigenvalue weighted by atomic mass is 79.9. The number of hydrogen-bond donors (Lipinski definition) is 0. The summed E-state index contributed by atoms with van der Waals surface area (Å²) in [5.74, 6) is 0.248. The molecule has 1 aromatic heterocycles. The van der Waals surface area contributed by atoms with Crippen LogP contribution in [-0.4, -0.2) is 16.1 Å². The Hall–Kier alpha value is -4.02. The molecule has 0 radical (unpaired) electrons. The number of carbonyl (C=O) groups is 2. The summed E-state index contributed by atoms with van der Waals surface area (Å²) in [5, 5.41) is 0. The summed E-state index contributed by atoms with van der Waals surface area (Å²) in [6.45, 7) is 0. The molecule has 0 saturated heterocycles. The first-order chi connectivity index (χ1) is 18.1. The molecule has 0 amide bonds. The van der Waals surface area contributed by atoms with Crippen LogP contribution in [-0.2, 0) is 6.42 Å². The van der Waals surface area contributed by atoms with Gasteiger partial charge in [0.1, 0.15) is 0 Å². The molecule has 4 heteroatoms. The van der Waals surface area contributed by atoms with E-state index >= 15 is 0 Å². The van der Waals surface area contributed by atoms with Crippen molar-refractivity contribution in [3.8, 4) is 16.9 Å². The molecule has 6 rings (SSSR count). The number of hydrogen-bond acceptors (Lipinski definition) is 2. The lowest BCUT2D eigenvalue weighted by Crippen LogP contribution is -2.20. The highest BCUT2D eigenvalue weighted by molar-refractivity contribution is 9.10. The predicted molar refractivity (Wildman–Crippen MR) is 151 cm³/mol. The topological polar surface area (TPSA) is 39.1 Å². The molecule has 4 aromatic carbocycles. The maximum absolute atomic E-state index is 13.4. The van der Waals surface area contributed by atoms with Crippen molar-refractivity contribution in [2.45, 2.75) is 18.8 Å². The van der Waals surface area contributed by atoms with Crippen molar-refractivity contribution in [3.05, 3.63) is 148 Å². The van der Waals surface area contributed by atoms with E-state index in [1.165, 1.54) is 5.56 Å². The number of halogens is 1. The van der Waals surface area contributed by atoms with E-state index in [1.54, 1.807) is 0 Å². The fraction of sp³-hybridized carbons (Fsp3) is 0.0909. The summed E-state index contributed by atoms with van der Waals surface area (Å²) < 4.78 is 3.17. The number of Topliss-reactive ketones (excluding diaryl/α,β-unsaturated/α-hetero) is 1. The number of aromatic nitrogens is 1. The Bertz CT molecular complexity index is 1600. The normalized spacial score (nSPS) is 14.8. The standard InChI is InChI=1S/C33H24BrNO2/c34-27-16-14-23(15-17-27)30-21-29-31(19-26(20-32(29)36)22-8-3-1-4-9-22)35(30)28-13-7-12-25(18-28)33(37)24-10-5-2-6-11-24/h1-18,21,26H,19-20H2/t26-/m0/s1. The van der Waals surface area contributed by atoms with Crippen LogP contribution in [0.4, 0.5) is 0 Å². The van der Waals surface area contributed by atoms with Gasteiger partial charge in [-0.15, -0.1) is 0 Å². The lowest BCUT2D eigenvalue weighted by Gasteiger charge is -2.24. The molecule has 3 nitrogen and oxygen atoms in total. The van der Waals surface area contributed by atoms with Gasteiger partial charge in [-0.3, -0.25) is 9.59 Å². The van der Waals surface area contributed by atoms with Gasteiger partial charge in [0.25, 0.3) is 0 Å². The van der Waals surface area contributed by atoms with Crippen LogP contribution in [0.3, 0.4) is 0 Å². The number of carbonyl (C=O) groups excluding carboxylic acids is 2. The zero-order valence-electron chi connectivity index (χ0n) is 20.1. The maximum Gasteiger partial charge on any atom is 0.193 e. The first-order valence-corrected chi connectivity index (χ1v) is 13.2. The highest BCUT2D eigenvalue weighted by Gasteiger charge is 2.31. The van der Waals surface area contributed by atoms with Crippen LogP contribution in [0.25, 0.3) is 16.9 Å². The molecule has 37 heavy (non-hydrogen) atoms. The molecule has 180 valence electrons. The van der Waals surface area contributed by atoms with Gasteiger partial charge in [-0.05, 0) is 53.8 Å². The molecule has 1 heterocycles. The van der Waals surface area contributed by atoms with E-state index in [0.29, 0.717) is 17.5 Å². The molecular formula is C33H24BrNO2. The van der Waals surface area contributed by atoms with Gasteiger partial charge in [-0.25, -0.2) is 0 Å². The molecule has 1 aliphatic carbocycles. The Labute approximate surface area is 224 Å². The minimum absolute atomic E-state index is 0.0214. The maximum atomic E-state index is 13.4. The molecule has 0 unspecified atom stereocenters. The van der Waals surface area contributed by atoms with Crippen LogP contribution >= 0.6 is 15.9 Å². The lowest BCUT2D eigenvalue weighted by atomic mass is 9.82. The molecule has 5 aromatic rings. The molecule has 0 saturated carbocycles. The Balaban J connectivity index is 1.51. The first kappa shape index (κ1) is 23.4. The Morgan fingerprint density at radius 3 is 2.14 bits per heavy atom. The van der Waals surface area contributed by atoms with Crippen molar-refractivity contribution in [1.29, 1.82) is 0 Å². The van der Waals surface area contributed by atoms with Gasteiger partial charge in [0.2, 0.25) is 0 Å². The van der Waals surface area contributed by atoms with E-state index in [1.807, 2.05) is 91.0 Å². The van der Waals surface area contributed by atoms with Crippen molar-refractivity contribution < 1.29 is 9.59 Å². The lowest BCUT2D eigenvalue weighted by molar-refractivity contribution is 0.0962. The van der Waals surface area contributed by atoms with Crippen LogP contribution in [0, 0.1) is 0 Å². The van der Waals surface area contributed by atoms with Crippen LogP contribution in [0.15, 0.2) is 120 Å². The second kappa shape index (κ2) is 9.79. The second-order valence-electron chi connectivity index (χ2n) is 9.42. The first-order valence-electron chi connectivity index (χ1n) is 12.4. The summed E-state index contributed by atoms with van der Waals surface area (Å²) >= 11 is 3.53. The second-order valence-corrected chi connectivity index (χ2v) is 10.3. The predicted octanol–water partition coefficient (Wildman–Crippen LogP) is 8.05. The van der Waals surface area contributed by atoms with Gasteiger partial charge >= 0.3 is 0 Å². The molecule has 0 N–H and O–H groups in total.